The van der Waals surface area contributed by atoms with Gasteiger partial charge in [0.05, 0.1) is 4.90 Å². The van der Waals surface area contributed by atoms with Crippen molar-refractivity contribution in [3.8, 4) is 5.75 Å². The van der Waals surface area contributed by atoms with E-state index >= 15 is 0 Å². The molecule has 0 saturated carbocycles. The van der Waals surface area contributed by atoms with Crippen LogP contribution < -0.4 is 5.32 Å². The van der Waals surface area contributed by atoms with Gasteiger partial charge in [0.2, 0.25) is 0 Å². The first kappa shape index (κ1) is 18.7. The van der Waals surface area contributed by atoms with Crippen LogP contribution in [0.4, 0.5) is 5.69 Å². The van der Waals surface area contributed by atoms with Gasteiger partial charge in [-0.3, -0.25) is 0 Å². The summed E-state index contributed by atoms with van der Waals surface area (Å²) in [7, 11) is -3.89. The maximum absolute atomic E-state index is 12.8. The molecule has 3 aromatic rings. The van der Waals surface area contributed by atoms with Crippen LogP contribution in [0.1, 0.15) is 16.7 Å². The molecule has 0 aliphatic rings. The summed E-state index contributed by atoms with van der Waals surface area (Å²) in [5, 5.41) is 12.9. The summed E-state index contributed by atoms with van der Waals surface area (Å²) in [5.41, 5.74) is 2.92. The van der Waals surface area contributed by atoms with Gasteiger partial charge >= 0.3 is 0 Å². The third-order valence-corrected chi connectivity index (χ3v) is 5.35. The lowest BCUT2D eigenvalue weighted by Gasteiger charge is -2.15. The van der Waals surface area contributed by atoms with Crippen molar-refractivity contribution in [2.75, 3.05) is 5.32 Å². The van der Waals surface area contributed by atoms with E-state index in [9.17, 15) is 13.5 Å². The number of aromatic hydroxyl groups is 1. The van der Waals surface area contributed by atoms with Crippen LogP contribution in [-0.2, 0) is 10.0 Å². The molecule has 6 heteroatoms. The predicted molar refractivity (Wildman–Crippen MR) is 108 cm³/mol. The second-order valence-corrected chi connectivity index (χ2v) is 7.78. The van der Waals surface area contributed by atoms with Crippen molar-refractivity contribution in [3.63, 3.8) is 0 Å². The normalized spacial score (nSPS) is 12.0. The number of rotatable bonds is 4. The van der Waals surface area contributed by atoms with Crippen molar-refractivity contribution in [3.05, 3.63) is 89.5 Å². The molecule has 0 aliphatic heterocycles. The first-order valence-corrected chi connectivity index (χ1v) is 9.83. The number of nitrogens with zero attached hydrogens (tertiary/aromatic N) is 1. The number of sulfonamides is 1. The van der Waals surface area contributed by atoms with Crippen LogP contribution in [0.25, 0.3) is 0 Å². The molecule has 2 N–H and O–H groups in total. The number of benzene rings is 3. The molecule has 0 amide bonds. The van der Waals surface area contributed by atoms with Crippen LogP contribution in [0, 0.1) is 13.8 Å². The maximum Gasteiger partial charge on any atom is 0.284 e. The summed E-state index contributed by atoms with van der Waals surface area (Å²) in [5.74, 6) is 0.377. The van der Waals surface area contributed by atoms with Gasteiger partial charge in [-0.15, -0.1) is 4.40 Å². The Morgan fingerprint density at radius 2 is 1.41 bits per heavy atom. The predicted octanol–water partition coefficient (Wildman–Crippen LogP) is 4.26. The molecule has 0 saturated heterocycles. The van der Waals surface area contributed by atoms with Gasteiger partial charge in [0.25, 0.3) is 10.0 Å². The van der Waals surface area contributed by atoms with Gasteiger partial charge in [0.15, 0.2) is 5.84 Å². The van der Waals surface area contributed by atoms with E-state index in [1.54, 1.807) is 42.5 Å². The van der Waals surface area contributed by atoms with Crippen molar-refractivity contribution < 1.29 is 13.5 Å². The van der Waals surface area contributed by atoms with E-state index in [1.807, 2.05) is 32.0 Å². The number of hydrogen-bond acceptors (Lipinski definition) is 3. The van der Waals surface area contributed by atoms with Crippen molar-refractivity contribution in [1.29, 1.82) is 0 Å². The molecule has 0 spiro atoms. The van der Waals surface area contributed by atoms with Gasteiger partial charge in [-0.2, -0.15) is 8.42 Å². The highest BCUT2D eigenvalue weighted by atomic mass is 32.2. The van der Waals surface area contributed by atoms with Crippen LogP contribution in [0.5, 0.6) is 5.75 Å². The standard InChI is InChI=1S/C21H20N2O3S/c1-15-13-18(24)14-16(2)20(15)22-21(17-9-5-3-6-10-17)23-27(25,26)19-11-7-4-8-12-19/h3-14,24H,1-2H3,(H,22,23). The average molecular weight is 380 g/mol. The topological polar surface area (TPSA) is 78.8 Å². The van der Waals surface area contributed by atoms with Crippen molar-refractivity contribution in [2.45, 2.75) is 18.7 Å². The molecule has 0 aromatic heterocycles. The Kier molecular flexibility index (Phi) is 5.28. The Labute approximate surface area is 159 Å². The zero-order chi connectivity index (χ0) is 19.4. The smallest absolute Gasteiger partial charge is 0.284 e. The maximum atomic E-state index is 12.8. The van der Waals surface area contributed by atoms with Crippen LogP contribution in [0.3, 0.4) is 0 Å². The quantitative estimate of drug-likeness (QED) is 0.403. The highest BCUT2D eigenvalue weighted by molar-refractivity contribution is 7.90. The summed E-state index contributed by atoms with van der Waals surface area (Å²) in [4.78, 5) is 0.124. The van der Waals surface area contributed by atoms with E-state index in [4.69, 9.17) is 0 Å². The lowest BCUT2D eigenvalue weighted by atomic mass is 10.1. The second kappa shape index (κ2) is 7.63. The molecule has 27 heavy (non-hydrogen) atoms. The number of aryl methyl sites for hydroxylation is 2. The van der Waals surface area contributed by atoms with Crippen LogP contribution >= 0.6 is 0 Å². The molecule has 3 rings (SSSR count). The van der Waals surface area contributed by atoms with Crippen molar-refractivity contribution >= 4 is 21.5 Å². The van der Waals surface area contributed by atoms with E-state index in [0.717, 1.165) is 11.1 Å². The Morgan fingerprint density at radius 3 is 1.96 bits per heavy atom. The molecule has 138 valence electrons. The van der Waals surface area contributed by atoms with Gasteiger partial charge in [-0.25, -0.2) is 0 Å². The molecule has 3 aromatic carbocycles. The van der Waals surface area contributed by atoms with Crippen LogP contribution in [-0.4, -0.2) is 19.4 Å². The highest BCUT2D eigenvalue weighted by Gasteiger charge is 2.17. The van der Waals surface area contributed by atoms with Gasteiger partial charge < -0.3 is 10.4 Å². The summed E-state index contributed by atoms with van der Waals surface area (Å²) >= 11 is 0. The highest BCUT2D eigenvalue weighted by Crippen LogP contribution is 2.26. The largest absolute Gasteiger partial charge is 0.508 e. The van der Waals surface area contributed by atoms with E-state index < -0.39 is 10.0 Å². The van der Waals surface area contributed by atoms with Crippen LogP contribution in [0.2, 0.25) is 0 Å². The Morgan fingerprint density at radius 1 is 0.889 bits per heavy atom. The minimum Gasteiger partial charge on any atom is -0.508 e. The first-order chi connectivity index (χ1) is 12.9. The molecule has 0 atom stereocenters. The summed E-state index contributed by atoms with van der Waals surface area (Å²) in [6.45, 7) is 3.67. The molecule has 0 radical (unpaired) electrons. The van der Waals surface area contributed by atoms with E-state index in [-0.39, 0.29) is 16.5 Å². The molecule has 0 bridgehead atoms. The average Bonchev–Trinajstić information content (AvgIpc) is 2.65. The van der Waals surface area contributed by atoms with Crippen LogP contribution in [0.15, 0.2) is 82.1 Å². The SMILES string of the molecule is Cc1cc(O)cc(C)c1NC(=NS(=O)(=O)c1ccccc1)c1ccccc1. The summed E-state index contributed by atoms with van der Waals surface area (Å²) in [6.07, 6.45) is 0. The van der Waals surface area contributed by atoms with E-state index in [0.29, 0.717) is 11.3 Å². The number of hydrogen-bond donors (Lipinski definition) is 2. The minimum atomic E-state index is -3.89. The third kappa shape index (κ3) is 4.35. The fourth-order valence-electron chi connectivity index (χ4n) is 2.77. The molecule has 5 nitrogen and oxygen atoms in total. The summed E-state index contributed by atoms with van der Waals surface area (Å²) < 4.78 is 29.6. The molecule has 0 heterocycles. The zero-order valence-electron chi connectivity index (χ0n) is 15.0. The molecular formula is C21H20N2O3S. The molecule has 0 aliphatic carbocycles. The zero-order valence-corrected chi connectivity index (χ0v) is 15.9. The minimum absolute atomic E-state index is 0.124. The Bertz CT molecular complexity index is 1050. The fraction of sp³-hybridized carbons (Fsp3) is 0.0952. The number of phenolic OH excluding ortho intramolecular Hbond substituents is 1. The third-order valence-electron chi connectivity index (χ3n) is 4.06. The Hall–Kier alpha value is -3.12. The van der Waals surface area contributed by atoms with Gasteiger partial charge in [-0.05, 0) is 49.2 Å². The number of phenols is 1. The van der Waals surface area contributed by atoms with Crippen molar-refractivity contribution in [2.24, 2.45) is 4.40 Å². The number of amidine groups is 1. The number of nitrogens with one attached hydrogen (secondary N) is 1. The molecule has 0 fully saturated rings. The molecular weight excluding hydrogens is 360 g/mol. The lowest BCUT2D eigenvalue weighted by molar-refractivity contribution is 0.474. The van der Waals surface area contributed by atoms with E-state index in [1.165, 1.54) is 12.1 Å². The van der Waals surface area contributed by atoms with Gasteiger partial charge in [0.1, 0.15) is 5.75 Å². The Balaban J connectivity index is 2.11. The first-order valence-electron chi connectivity index (χ1n) is 8.39. The second-order valence-electron chi connectivity index (χ2n) is 6.17. The lowest BCUT2D eigenvalue weighted by Crippen LogP contribution is -2.17. The van der Waals surface area contributed by atoms with Crippen molar-refractivity contribution in [1.82, 2.24) is 0 Å². The summed E-state index contributed by atoms with van der Waals surface area (Å²) in [6, 6.07) is 20.4. The van der Waals surface area contributed by atoms with Gasteiger partial charge in [-0.1, -0.05) is 48.5 Å². The monoisotopic (exact) mass is 380 g/mol. The number of anilines is 1. The van der Waals surface area contributed by atoms with Gasteiger partial charge in [0, 0.05) is 11.3 Å². The molecule has 0 unspecified atom stereocenters. The fourth-order valence-corrected chi connectivity index (χ4v) is 3.76. The van der Waals surface area contributed by atoms with E-state index in [2.05, 4.69) is 9.71 Å².